The number of aliphatic hydroxyl groups is 1. The molecule has 2 atom stereocenters. The number of carbonyl (C=O) groups excluding carboxylic acids is 2. The Kier molecular flexibility index (Phi) is 6.83. The number of Topliss-reactive ketones (excluding diaryl/α,β-unsaturated/α-hetero) is 1. The molecule has 8 heteroatoms. The number of aliphatic hydroxyl groups excluding tert-OH is 1. The number of primary amides is 1. The molecule has 1 fully saturated rings. The molecule has 1 saturated heterocycles. The van der Waals surface area contributed by atoms with Gasteiger partial charge in [-0.1, -0.05) is 54.6 Å². The van der Waals surface area contributed by atoms with Gasteiger partial charge in [0.25, 0.3) is 0 Å². The van der Waals surface area contributed by atoms with E-state index in [2.05, 4.69) is 63.7 Å². The molecule has 0 saturated carbocycles. The summed E-state index contributed by atoms with van der Waals surface area (Å²) in [4.78, 5) is 31.9. The zero-order valence-electron chi connectivity index (χ0n) is 21.6. The molecule has 4 N–H and O–H groups in total. The number of imidazole rings is 1. The van der Waals surface area contributed by atoms with Crippen molar-refractivity contribution in [1.82, 2.24) is 19.8 Å². The van der Waals surface area contributed by atoms with Gasteiger partial charge in [-0.25, -0.2) is 4.98 Å². The number of carbonyl (C=O) groups is 2. The van der Waals surface area contributed by atoms with Crippen LogP contribution in [0.2, 0.25) is 0 Å². The maximum absolute atomic E-state index is 13.5. The number of aromatic nitrogens is 2. The molecule has 0 bridgehead atoms. The largest absolute Gasteiger partial charge is 0.392 e. The molecule has 1 amide bonds. The molecule has 2 aliphatic heterocycles. The number of nitrogens with two attached hydrogens (primary N) is 1. The number of nitrogens with zero attached hydrogens (tertiary/aromatic N) is 3. The molecule has 1 aromatic heterocycles. The molecular weight excluding hydrogens is 490 g/mol. The van der Waals surface area contributed by atoms with E-state index >= 15 is 0 Å². The molecule has 39 heavy (non-hydrogen) atoms. The SMILES string of the molecule is NC(=O)c1cccc(-n2cnc3c2C(=O)CC(c2ccc(-c4ccccc4CN4CCC(O)C4)cc2)NC3)c1. The van der Waals surface area contributed by atoms with Crippen LogP contribution in [0.15, 0.2) is 79.1 Å². The van der Waals surface area contributed by atoms with Crippen LogP contribution in [-0.2, 0) is 13.1 Å². The summed E-state index contributed by atoms with van der Waals surface area (Å²) in [6, 6.07) is 23.6. The lowest BCUT2D eigenvalue weighted by molar-refractivity contribution is 0.0965. The summed E-state index contributed by atoms with van der Waals surface area (Å²) in [5.74, 6) is -0.527. The summed E-state index contributed by atoms with van der Waals surface area (Å²) >= 11 is 0. The highest BCUT2D eigenvalue weighted by Gasteiger charge is 2.28. The van der Waals surface area contributed by atoms with Crippen molar-refractivity contribution in [3.63, 3.8) is 0 Å². The van der Waals surface area contributed by atoms with Gasteiger partial charge in [0.2, 0.25) is 5.91 Å². The van der Waals surface area contributed by atoms with E-state index < -0.39 is 5.91 Å². The second-order valence-corrected chi connectivity index (χ2v) is 10.3. The first-order valence-electron chi connectivity index (χ1n) is 13.3. The van der Waals surface area contributed by atoms with Gasteiger partial charge in [-0.3, -0.25) is 19.1 Å². The number of rotatable bonds is 6. The average molecular weight is 522 g/mol. The third-order valence-corrected chi connectivity index (χ3v) is 7.70. The van der Waals surface area contributed by atoms with Gasteiger partial charge >= 0.3 is 0 Å². The first-order chi connectivity index (χ1) is 19.0. The number of fused-ring (bicyclic) bond motifs is 1. The zero-order chi connectivity index (χ0) is 26.9. The molecule has 3 aromatic carbocycles. The third-order valence-electron chi connectivity index (χ3n) is 7.70. The molecule has 2 aliphatic rings. The van der Waals surface area contributed by atoms with Crippen LogP contribution in [0.4, 0.5) is 0 Å². The molecule has 4 aromatic rings. The molecule has 8 nitrogen and oxygen atoms in total. The van der Waals surface area contributed by atoms with E-state index in [1.165, 1.54) is 11.1 Å². The number of hydrogen-bond donors (Lipinski definition) is 3. The van der Waals surface area contributed by atoms with Crippen molar-refractivity contribution < 1.29 is 14.7 Å². The van der Waals surface area contributed by atoms with Crippen molar-refractivity contribution in [3.8, 4) is 16.8 Å². The Morgan fingerprint density at radius 3 is 2.67 bits per heavy atom. The van der Waals surface area contributed by atoms with Crippen LogP contribution in [0.3, 0.4) is 0 Å². The Bertz CT molecular complexity index is 1530. The fourth-order valence-corrected chi connectivity index (χ4v) is 5.66. The summed E-state index contributed by atoms with van der Waals surface area (Å²) in [7, 11) is 0. The van der Waals surface area contributed by atoms with Crippen molar-refractivity contribution in [2.45, 2.75) is 38.1 Å². The van der Waals surface area contributed by atoms with Gasteiger partial charge in [-0.15, -0.1) is 0 Å². The smallest absolute Gasteiger partial charge is 0.248 e. The second-order valence-electron chi connectivity index (χ2n) is 10.3. The summed E-state index contributed by atoms with van der Waals surface area (Å²) in [5.41, 5.74) is 12.3. The maximum atomic E-state index is 13.5. The Hall–Kier alpha value is -4.11. The maximum Gasteiger partial charge on any atom is 0.248 e. The predicted molar refractivity (Wildman–Crippen MR) is 148 cm³/mol. The number of benzene rings is 3. The van der Waals surface area contributed by atoms with E-state index in [0.29, 0.717) is 42.1 Å². The molecule has 2 unspecified atom stereocenters. The summed E-state index contributed by atoms with van der Waals surface area (Å²) in [6.07, 6.45) is 2.51. The number of amides is 1. The highest BCUT2D eigenvalue weighted by atomic mass is 16.3. The predicted octanol–water partition coefficient (Wildman–Crippen LogP) is 3.62. The molecule has 0 aliphatic carbocycles. The van der Waals surface area contributed by atoms with Crippen LogP contribution in [-0.4, -0.2) is 50.4 Å². The van der Waals surface area contributed by atoms with Crippen LogP contribution in [0, 0.1) is 0 Å². The van der Waals surface area contributed by atoms with Crippen LogP contribution < -0.4 is 11.1 Å². The Balaban J connectivity index is 1.21. The van der Waals surface area contributed by atoms with Crippen molar-refractivity contribution in [2.75, 3.05) is 13.1 Å². The quantitative estimate of drug-likeness (QED) is 0.357. The van der Waals surface area contributed by atoms with E-state index in [-0.39, 0.29) is 17.9 Å². The molecule has 0 spiro atoms. The van der Waals surface area contributed by atoms with Crippen LogP contribution >= 0.6 is 0 Å². The van der Waals surface area contributed by atoms with E-state index in [0.717, 1.165) is 30.6 Å². The monoisotopic (exact) mass is 521 g/mol. The molecule has 3 heterocycles. The van der Waals surface area contributed by atoms with Gasteiger partial charge in [0, 0.05) is 49.9 Å². The van der Waals surface area contributed by atoms with E-state index in [4.69, 9.17) is 5.73 Å². The van der Waals surface area contributed by atoms with E-state index in [9.17, 15) is 14.7 Å². The molecule has 6 rings (SSSR count). The first-order valence-corrected chi connectivity index (χ1v) is 13.3. The zero-order valence-corrected chi connectivity index (χ0v) is 21.6. The molecular formula is C31H31N5O3. The number of hydrogen-bond acceptors (Lipinski definition) is 6. The first kappa shape index (κ1) is 25.2. The summed E-state index contributed by atoms with van der Waals surface area (Å²) in [5, 5.41) is 13.4. The average Bonchev–Trinajstić information content (AvgIpc) is 3.53. The van der Waals surface area contributed by atoms with Gasteiger partial charge in [0.1, 0.15) is 12.0 Å². The second kappa shape index (κ2) is 10.6. The van der Waals surface area contributed by atoms with Gasteiger partial charge in [-0.2, -0.15) is 0 Å². The Labute approximate surface area is 227 Å². The minimum atomic E-state index is -0.517. The van der Waals surface area contributed by atoms with Crippen molar-refractivity contribution in [1.29, 1.82) is 0 Å². The van der Waals surface area contributed by atoms with Crippen LogP contribution in [0.1, 0.15) is 56.6 Å². The highest BCUT2D eigenvalue weighted by molar-refractivity contribution is 5.97. The van der Waals surface area contributed by atoms with Gasteiger partial charge in [0.15, 0.2) is 5.78 Å². The number of likely N-dealkylation sites (tertiary alicyclic amines) is 1. The Morgan fingerprint density at radius 2 is 1.90 bits per heavy atom. The van der Waals surface area contributed by atoms with Crippen LogP contribution in [0.5, 0.6) is 0 Å². The van der Waals surface area contributed by atoms with Gasteiger partial charge in [-0.05, 0) is 46.9 Å². The highest BCUT2D eigenvalue weighted by Crippen LogP contribution is 2.30. The van der Waals surface area contributed by atoms with Crippen molar-refractivity contribution in [2.24, 2.45) is 5.73 Å². The van der Waals surface area contributed by atoms with E-state index in [1.807, 2.05) is 6.07 Å². The van der Waals surface area contributed by atoms with Gasteiger partial charge in [0.05, 0.1) is 11.8 Å². The number of ketones is 1. The van der Waals surface area contributed by atoms with Gasteiger partial charge < -0.3 is 16.2 Å². The molecule has 198 valence electrons. The fourth-order valence-electron chi connectivity index (χ4n) is 5.66. The summed E-state index contributed by atoms with van der Waals surface area (Å²) < 4.78 is 1.74. The normalized spacial score (nSPS) is 19.6. The minimum Gasteiger partial charge on any atom is -0.392 e. The lowest BCUT2D eigenvalue weighted by Crippen LogP contribution is -2.21. The molecule has 0 radical (unpaired) electrons. The lowest BCUT2D eigenvalue weighted by Gasteiger charge is -2.19. The fraction of sp³-hybridized carbons (Fsp3) is 0.258. The Morgan fingerprint density at radius 1 is 1.08 bits per heavy atom. The summed E-state index contributed by atoms with van der Waals surface area (Å²) in [6.45, 7) is 2.89. The lowest BCUT2D eigenvalue weighted by atomic mass is 9.95. The third kappa shape index (κ3) is 5.14. The minimum absolute atomic E-state index is 0.01000. The topological polar surface area (TPSA) is 113 Å². The van der Waals surface area contributed by atoms with Crippen LogP contribution in [0.25, 0.3) is 16.8 Å². The van der Waals surface area contributed by atoms with Crippen molar-refractivity contribution in [3.05, 3.63) is 107 Å². The number of nitrogens with one attached hydrogen (secondary N) is 1. The van der Waals surface area contributed by atoms with E-state index in [1.54, 1.807) is 29.1 Å². The number of β-amino-alcohol motifs (C(OH)–C–C–N with tert-alkyl or cyclic N) is 1. The van der Waals surface area contributed by atoms with Crippen molar-refractivity contribution >= 4 is 11.7 Å². The standard InChI is InChI=1S/C31H31N5O3/c32-31(39)22-5-3-6-24(14-22)36-19-34-28-16-33-27(15-29(38)30(28)36)21-10-8-20(9-11-21)26-7-2-1-4-23(26)17-35-13-12-25(37)18-35/h1-11,14,19,25,27,33,37H,12-13,15-18H2,(H2,32,39).